The summed E-state index contributed by atoms with van der Waals surface area (Å²) >= 11 is 6.56. The molecule has 2 amide bonds. The van der Waals surface area contributed by atoms with Crippen LogP contribution in [0.1, 0.15) is 62.2 Å². The van der Waals surface area contributed by atoms with Gasteiger partial charge in [-0.3, -0.25) is 9.59 Å². The fraction of sp³-hybridized carbons (Fsp3) is 0.368. The smallest absolute Gasteiger partial charge is 0.256 e. The third-order valence-electron chi connectivity index (χ3n) is 7.97. The van der Waals surface area contributed by atoms with Gasteiger partial charge in [0.15, 0.2) is 11.5 Å². The maximum absolute atomic E-state index is 14.3. The van der Waals surface area contributed by atoms with Crippen LogP contribution in [0.5, 0.6) is 11.5 Å². The van der Waals surface area contributed by atoms with Crippen molar-refractivity contribution in [2.75, 3.05) is 31.7 Å². The molecule has 0 aliphatic carbocycles. The molecule has 1 aliphatic rings. The summed E-state index contributed by atoms with van der Waals surface area (Å²) in [6.45, 7) is 8.19. The molecular weight excluding hydrogens is 649 g/mol. The van der Waals surface area contributed by atoms with Gasteiger partial charge in [-0.2, -0.15) is 0 Å². The predicted molar refractivity (Wildman–Crippen MR) is 186 cm³/mol. The average molecular weight is 692 g/mol. The molecule has 49 heavy (non-hydrogen) atoms. The lowest BCUT2D eigenvalue weighted by Crippen LogP contribution is -2.45. The maximum atomic E-state index is 14.3. The first-order valence-corrected chi connectivity index (χ1v) is 16.7. The number of carbonyl (C=O) groups excluding carboxylic acids is 2. The highest BCUT2D eigenvalue weighted by Gasteiger charge is 2.40. The Hall–Kier alpha value is -4.38. The van der Waals surface area contributed by atoms with Gasteiger partial charge in [0.05, 0.1) is 32.9 Å². The van der Waals surface area contributed by atoms with Gasteiger partial charge in [-0.05, 0) is 60.8 Å². The molecule has 2 heterocycles. The van der Waals surface area contributed by atoms with Crippen LogP contribution in [0.3, 0.4) is 0 Å². The first kappa shape index (κ1) is 35.9. The number of fused-ring (bicyclic) bond motifs is 1. The summed E-state index contributed by atoms with van der Waals surface area (Å²) in [6, 6.07) is 20.8. The topological polar surface area (TPSA) is 102 Å². The van der Waals surface area contributed by atoms with Gasteiger partial charge in [0.2, 0.25) is 5.91 Å². The van der Waals surface area contributed by atoms with E-state index in [9.17, 15) is 14.0 Å². The minimum absolute atomic E-state index is 0.0248. The predicted octanol–water partition coefficient (Wildman–Crippen LogP) is 7.21. The Kier molecular flexibility index (Phi) is 12.0. The number of hydrogen-bond donors (Lipinski definition) is 2. The van der Waals surface area contributed by atoms with Crippen LogP contribution in [0.4, 0.5) is 10.1 Å². The normalized spacial score (nSPS) is 16.2. The summed E-state index contributed by atoms with van der Waals surface area (Å²) in [5, 5.41) is 6.54. The van der Waals surface area contributed by atoms with Crippen LogP contribution in [0.25, 0.3) is 0 Å². The number of ether oxygens (including phenoxy) is 3. The molecule has 1 aromatic heterocycles. The highest BCUT2D eigenvalue weighted by Crippen LogP contribution is 2.45. The van der Waals surface area contributed by atoms with Crippen molar-refractivity contribution >= 4 is 29.1 Å². The lowest BCUT2D eigenvalue weighted by Gasteiger charge is -2.31. The SMILES string of the molecule is COc1c(OCCCNCc2ccco2)cccc1[C@H]1O[C@H](CC(=O)NCc2ccccc2F)C(=O)N(CC(C)(C)C)c2ccc(Cl)cc21. The van der Waals surface area contributed by atoms with Gasteiger partial charge < -0.3 is 34.2 Å². The number of para-hydroxylation sites is 1. The van der Waals surface area contributed by atoms with E-state index < -0.39 is 23.9 Å². The molecule has 0 bridgehead atoms. The molecule has 1 aliphatic heterocycles. The maximum Gasteiger partial charge on any atom is 0.256 e. The van der Waals surface area contributed by atoms with E-state index in [1.54, 1.807) is 54.7 Å². The Morgan fingerprint density at radius 1 is 1.02 bits per heavy atom. The summed E-state index contributed by atoms with van der Waals surface area (Å²) in [6.07, 6.45) is 0.0734. The van der Waals surface area contributed by atoms with E-state index in [-0.39, 0.29) is 24.3 Å². The van der Waals surface area contributed by atoms with Gasteiger partial charge in [0, 0.05) is 40.5 Å². The minimum atomic E-state index is -1.17. The highest BCUT2D eigenvalue weighted by atomic mass is 35.5. The summed E-state index contributed by atoms with van der Waals surface area (Å²) < 4.78 is 38.3. The van der Waals surface area contributed by atoms with Gasteiger partial charge in [-0.25, -0.2) is 4.39 Å². The zero-order valence-corrected chi connectivity index (χ0v) is 29.0. The minimum Gasteiger partial charge on any atom is -0.492 e. The number of halogens is 2. The van der Waals surface area contributed by atoms with E-state index in [1.165, 1.54) is 6.07 Å². The summed E-state index contributed by atoms with van der Waals surface area (Å²) in [5.74, 6) is 0.577. The molecule has 3 aromatic carbocycles. The third-order valence-corrected chi connectivity index (χ3v) is 8.21. The second-order valence-electron chi connectivity index (χ2n) is 13.1. The fourth-order valence-corrected chi connectivity index (χ4v) is 5.92. The third kappa shape index (κ3) is 9.41. The van der Waals surface area contributed by atoms with Crippen molar-refractivity contribution in [3.63, 3.8) is 0 Å². The second-order valence-corrected chi connectivity index (χ2v) is 13.5. The van der Waals surface area contributed by atoms with Crippen molar-refractivity contribution in [1.82, 2.24) is 10.6 Å². The molecule has 5 rings (SSSR count). The molecule has 11 heteroatoms. The van der Waals surface area contributed by atoms with Crippen molar-refractivity contribution in [3.8, 4) is 11.5 Å². The van der Waals surface area contributed by atoms with E-state index in [0.29, 0.717) is 65.1 Å². The lowest BCUT2D eigenvalue weighted by molar-refractivity contribution is -0.138. The lowest BCUT2D eigenvalue weighted by atomic mass is 9.94. The number of benzene rings is 3. The van der Waals surface area contributed by atoms with Crippen LogP contribution in [-0.2, 0) is 27.4 Å². The molecule has 0 radical (unpaired) electrons. The Morgan fingerprint density at radius 2 is 1.84 bits per heavy atom. The summed E-state index contributed by atoms with van der Waals surface area (Å²) in [4.78, 5) is 29.3. The standard InChI is InChI=1S/C38H43ClFN3O6/c1-38(2,3)24-43-31-16-15-26(39)20-29(31)35(49-33(37(43)45)21-34(44)42-22-25-10-5-6-13-30(25)40)28-12-7-14-32(36(28)46-4)48-19-9-17-41-23-27-11-8-18-47-27/h5-8,10-16,18,20,33,35,41H,9,17,19,21-24H2,1-4H3,(H,42,44)/t33-,35-/m1/s1. The van der Waals surface area contributed by atoms with Crippen molar-refractivity contribution in [2.45, 2.75) is 58.9 Å². The molecule has 0 saturated heterocycles. The number of hydrogen-bond acceptors (Lipinski definition) is 7. The number of furan rings is 1. The van der Waals surface area contributed by atoms with Crippen LogP contribution >= 0.6 is 11.6 Å². The van der Waals surface area contributed by atoms with E-state index in [4.69, 9.17) is 30.2 Å². The Labute approximate surface area is 291 Å². The quantitative estimate of drug-likeness (QED) is 0.135. The van der Waals surface area contributed by atoms with Crippen molar-refractivity contribution in [2.24, 2.45) is 5.41 Å². The molecular formula is C38H43ClFN3O6. The number of nitrogens with zero attached hydrogens (tertiary/aromatic N) is 1. The van der Waals surface area contributed by atoms with Crippen LogP contribution in [-0.4, -0.2) is 44.7 Å². The largest absolute Gasteiger partial charge is 0.492 e. The molecule has 260 valence electrons. The molecule has 9 nitrogen and oxygen atoms in total. The number of amides is 2. The summed E-state index contributed by atoms with van der Waals surface area (Å²) in [7, 11) is 1.55. The van der Waals surface area contributed by atoms with Crippen molar-refractivity contribution in [3.05, 3.63) is 112 Å². The molecule has 0 fully saturated rings. The number of rotatable bonds is 14. The van der Waals surface area contributed by atoms with E-state index >= 15 is 0 Å². The monoisotopic (exact) mass is 691 g/mol. The molecule has 0 saturated carbocycles. The number of nitrogens with one attached hydrogen (secondary N) is 2. The van der Waals surface area contributed by atoms with Crippen LogP contribution < -0.4 is 25.0 Å². The molecule has 2 N–H and O–H groups in total. The first-order chi connectivity index (χ1) is 23.5. The fourth-order valence-electron chi connectivity index (χ4n) is 5.73. The Bertz CT molecular complexity index is 1720. The number of carbonyl (C=O) groups is 2. The summed E-state index contributed by atoms with van der Waals surface area (Å²) in [5.41, 5.74) is 1.94. The zero-order valence-electron chi connectivity index (χ0n) is 28.3. The molecule has 0 unspecified atom stereocenters. The zero-order chi connectivity index (χ0) is 35.0. The van der Waals surface area contributed by atoms with E-state index in [1.807, 2.05) is 51.1 Å². The Morgan fingerprint density at radius 3 is 2.57 bits per heavy atom. The van der Waals surface area contributed by atoms with Gasteiger partial charge in [0.25, 0.3) is 5.91 Å². The van der Waals surface area contributed by atoms with Crippen LogP contribution in [0.15, 0.2) is 83.5 Å². The highest BCUT2D eigenvalue weighted by molar-refractivity contribution is 6.30. The Balaban J connectivity index is 1.42. The van der Waals surface area contributed by atoms with E-state index in [0.717, 1.165) is 12.2 Å². The first-order valence-electron chi connectivity index (χ1n) is 16.3. The second kappa shape index (κ2) is 16.3. The van der Waals surface area contributed by atoms with Gasteiger partial charge in [0.1, 0.15) is 23.8 Å². The number of methoxy groups -OCH3 is 1. The van der Waals surface area contributed by atoms with Gasteiger partial charge in [-0.1, -0.05) is 62.7 Å². The van der Waals surface area contributed by atoms with Crippen molar-refractivity contribution in [1.29, 1.82) is 0 Å². The number of anilines is 1. The van der Waals surface area contributed by atoms with Gasteiger partial charge in [-0.15, -0.1) is 0 Å². The van der Waals surface area contributed by atoms with Crippen LogP contribution in [0, 0.1) is 11.2 Å². The van der Waals surface area contributed by atoms with Crippen molar-refractivity contribution < 1.29 is 32.6 Å². The van der Waals surface area contributed by atoms with Crippen LogP contribution in [0.2, 0.25) is 5.02 Å². The van der Waals surface area contributed by atoms with Gasteiger partial charge >= 0.3 is 0 Å². The molecule has 4 aromatic rings. The molecule has 0 spiro atoms. The average Bonchev–Trinajstić information content (AvgIpc) is 3.56. The molecule has 2 atom stereocenters. The van der Waals surface area contributed by atoms with E-state index in [2.05, 4.69) is 10.6 Å².